The van der Waals surface area contributed by atoms with Gasteiger partial charge in [0.1, 0.15) is 0 Å². The van der Waals surface area contributed by atoms with E-state index in [1.54, 1.807) is 18.5 Å². The van der Waals surface area contributed by atoms with Gasteiger partial charge in [-0.15, -0.1) is 5.10 Å². The van der Waals surface area contributed by atoms with Crippen LogP contribution in [0, 0.1) is 4.77 Å². The summed E-state index contributed by atoms with van der Waals surface area (Å²) in [6.45, 7) is 1.98. The monoisotopic (exact) mass is 310 g/mol. The Morgan fingerprint density at radius 1 is 1.27 bits per heavy atom. The average Bonchev–Trinajstić information content (AvgIpc) is 3.16. The van der Waals surface area contributed by atoms with Gasteiger partial charge in [0.25, 0.3) is 0 Å². The summed E-state index contributed by atoms with van der Waals surface area (Å²) in [5.41, 5.74) is 2.12. The first-order chi connectivity index (χ1) is 10.7. The number of aromatic nitrogens is 3. The molecule has 0 amide bonds. The zero-order chi connectivity index (χ0) is 15.4. The molecule has 0 fully saturated rings. The molecule has 1 N–H and O–H groups in total. The molecule has 5 nitrogen and oxygen atoms in total. The molecule has 2 aromatic heterocycles. The molecular weight excluding hydrogens is 296 g/mol. The van der Waals surface area contributed by atoms with Crippen molar-refractivity contribution in [1.29, 1.82) is 0 Å². The highest BCUT2D eigenvalue weighted by Gasteiger charge is 2.10. The highest BCUT2D eigenvalue weighted by Crippen LogP contribution is 2.17. The lowest BCUT2D eigenvalue weighted by atomic mass is 10.1. The number of nitrogens with zero attached hydrogens (tertiary/aromatic N) is 3. The second-order valence-electron chi connectivity index (χ2n) is 4.69. The molecule has 22 heavy (non-hydrogen) atoms. The fourth-order valence-electron chi connectivity index (χ4n) is 1.96. The van der Waals surface area contributed by atoms with Gasteiger partial charge in [-0.3, -0.25) is 0 Å². The second kappa shape index (κ2) is 6.36. The van der Waals surface area contributed by atoms with E-state index >= 15 is 0 Å². The highest BCUT2D eigenvalue weighted by molar-refractivity contribution is 7.71. The Labute approximate surface area is 132 Å². The predicted octanol–water partition coefficient (Wildman–Crippen LogP) is 4.14. The topological polar surface area (TPSA) is 59.1 Å². The molecule has 1 aromatic carbocycles. The fourth-order valence-corrected chi connectivity index (χ4v) is 2.14. The maximum Gasteiger partial charge on any atom is 0.219 e. The van der Waals surface area contributed by atoms with E-state index in [1.165, 1.54) is 4.68 Å². The number of rotatable bonds is 4. The molecule has 3 rings (SSSR count). The minimum absolute atomic E-state index is 0.412. The van der Waals surface area contributed by atoms with E-state index in [0.717, 1.165) is 11.1 Å². The molecule has 3 aromatic rings. The number of aromatic amines is 1. The van der Waals surface area contributed by atoms with Crippen LogP contribution in [0.25, 0.3) is 17.7 Å². The third-order valence-corrected chi connectivity index (χ3v) is 3.23. The molecular formula is C16H14N4OS. The van der Waals surface area contributed by atoms with E-state index in [9.17, 15) is 0 Å². The van der Waals surface area contributed by atoms with Crippen molar-refractivity contribution in [2.45, 2.75) is 6.92 Å². The third-order valence-electron chi connectivity index (χ3n) is 2.96. The Bertz CT molecular complexity index is 857. The van der Waals surface area contributed by atoms with Gasteiger partial charge in [0, 0.05) is 0 Å². The van der Waals surface area contributed by atoms with Crippen LogP contribution in [0.1, 0.15) is 12.5 Å². The Hall–Kier alpha value is -2.73. The van der Waals surface area contributed by atoms with Crippen molar-refractivity contribution in [2.75, 3.05) is 0 Å². The Kier molecular flexibility index (Phi) is 4.11. The van der Waals surface area contributed by atoms with Gasteiger partial charge in [0.2, 0.25) is 10.6 Å². The van der Waals surface area contributed by atoms with Crippen LogP contribution >= 0.6 is 12.2 Å². The summed E-state index contributed by atoms with van der Waals surface area (Å²) in [6.07, 6.45) is 5.37. The first-order valence-electron chi connectivity index (χ1n) is 6.73. The summed E-state index contributed by atoms with van der Waals surface area (Å²) in [7, 11) is 0. The SMILES string of the molecule is C/C(C=Nn1c(-c2ccco2)n[nH]c1=S)=C/c1ccccc1. The molecule has 6 heteroatoms. The number of hydrogen-bond acceptors (Lipinski definition) is 4. The molecule has 2 heterocycles. The van der Waals surface area contributed by atoms with E-state index in [1.807, 2.05) is 49.4 Å². The van der Waals surface area contributed by atoms with Crippen molar-refractivity contribution < 1.29 is 4.42 Å². The standard InChI is InChI=1S/C16H14N4OS/c1-12(10-13-6-3-2-4-7-13)11-17-20-15(18-19-16(20)22)14-8-5-9-21-14/h2-11H,1H3,(H,19,22)/b12-10-,17-11?. The largest absolute Gasteiger partial charge is 0.461 e. The van der Waals surface area contributed by atoms with E-state index in [4.69, 9.17) is 16.6 Å². The first kappa shape index (κ1) is 14.2. The van der Waals surface area contributed by atoms with Gasteiger partial charge >= 0.3 is 0 Å². The van der Waals surface area contributed by atoms with Crippen LogP contribution in [0.5, 0.6) is 0 Å². The number of benzene rings is 1. The van der Waals surface area contributed by atoms with Gasteiger partial charge in [-0.1, -0.05) is 36.4 Å². The molecule has 0 bridgehead atoms. The van der Waals surface area contributed by atoms with E-state index in [2.05, 4.69) is 15.3 Å². The van der Waals surface area contributed by atoms with Gasteiger partial charge in [0.15, 0.2) is 5.76 Å². The van der Waals surface area contributed by atoms with Gasteiger partial charge in [-0.25, -0.2) is 5.10 Å². The van der Waals surface area contributed by atoms with Crippen molar-refractivity contribution in [2.24, 2.45) is 5.10 Å². The van der Waals surface area contributed by atoms with E-state index in [0.29, 0.717) is 16.4 Å². The fraction of sp³-hybridized carbons (Fsp3) is 0.0625. The van der Waals surface area contributed by atoms with Gasteiger partial charge in [0.05, 0.1) is 12.5 Å². The van der Waals surface area contributed by atoms with Crippen LogP contribution in [0.3, 0.4) is 0 Å². The Morgan fingerprint density at radius 3 is 2.82 bits per heavy atom. The zero-order valence-corrected chi connectivity index (χ0v) is 12.7. The minimum atomic E-state index is 0.412. The molecule has 110 valence electrons. The minimum Gasteiger partial charge on any atom is -0.461 e. The van der Waals surface area contributed by atoms with Gasteiger partial charge in [-0.05, 0) is 42.4 Å². The molecule has 0 aliphatic heterocycles. The van der Waals surface area contributed by atoms with Crippen LogP contribution in [0.15, 0.2) is 63.8 Å². The molecule has 0 spiro atoms. The molecule has 0 radical (unpaired) electrons. The number of nitrogens with one attached hydrogen (secondary N) is 1. The lowest BCUT2D eigenvalue weighted by molar-refractivity contribution is 0.573. The lowest BCUT2D eigenvalue weighted by Crippen LogP contribution is -1.94. The summed E-state index contributed by atoms with van der Waals surface area (Å²) in [6, 6.07) is 13.7. The predicted molar refractivity (Wildman–Crippen MR) is 89.1 cm³/mol. The van der Waals surface area contributed by atoms with Crippen LogP contribution in [0.4, 0.5) is 0 Å². The lowest BCUT2D eigenvalue weighted by Gasteiger charge is -1.98. The highest BCUT2D eigenvalue weighted by atomic mass is 32.1. The van der Waals surface area contributed by atoms with E-state index < -0.39 is 0 Å². The third kappa shape index (κ3) is 3.12. The molecule has 0 aliphatic rings. The maximum absolute atomic E-state index is 5.34. The van der Waals surface area contributed by atoms with E-state index in [-0.39, 0.29) is 0 Å². The second-order valence-corrected chi connectivity index (χ2v) is 5.07. The van der Waals surface area contributed by atoms with Crippen molar-refractivity contribution in [3.05, 3.63) is 64.6 Å². The van der Waals surface area contributed by atoms with Crippen LogP contribution in [-0.4, -0.2) is 21.1 Å². The van der Waals surface area contributed by atoms with Crippen LogP contribution < -0.4 is 0 Å². The van der Waals surface area contributed by atoms with Gasteiger partial charge in [-0.2, -0.15) is 9.78 Å². The molecule has 0 aliphatic carbocycles. The number of H-pyrrole nitrogens is 1. The van der Waals surface area contributed by atoms with Crippen molar-refractivity contribution in [1.82, 2.24) is 14.9 Å². The molecule has 0 unspecified atom stereocenters. The van der Waals surface area contributed by atoms with Crippen molar-refractivity contribution in [3.8, 4) is 11.6 Å². The van der Waals surface area contributed by atoms with Crippen molar-refractivity contribution >= 4 is 24.5 Å². The smallest absolute Gasteiger partial charge is 0.219 e. The Balaban J connectivity index is 1.89. The maximum atomic E-state index is 5.34. The molecule has 0 atom stereocenters. The Morgan fingerprint density at radius 2 is 2.09 bits per heavy atom. The first-order valence-corrected chi connectivity index (χ1v) is 7.14. The summed E-state index contributed by atoms with van der Waals surface area (Å²) in [5, 5.41) is 11.2. The van der Waals surface area contributed by atoms with Crippen molar-refractivity contribution in [3.63, 3.8) is 0 Å². The zero-order valence-electron chi connectivity index (χ0n) is 11.9. The normalized spacial score (nSPS) is 12.1. The molecule has 0 saturated heterocycles. The number of furan rings is 1. The van der Waals surface area contributed by atoms with Crippen LogP contribution in [0.2, 0.25) is 0 Å². The number of allylic oxidation sites excluding steroid dienone is 1. The molecule has 0 saturated carbocycles. The van der Waals surface area contributed by atoms with Crippen LogP contribution in [-0.2, 0) is 0 Å². The summed E-state index contributed by atoms with van der Waals surface area (Å²) < 4.78 is 7.29. The number of hydrogen-bond donors (Lipinski definition) is 1. The summed E-state index contributed by atoms with van der Waals surface area (Å²) in [5.74, 6) is 1.15. The summed E-state index contributed by atoms with van der Waals surface area (Å²) >= 11 is 5.20. The summed E-state index contributed by atoms with van der Waals surface area (Å²) in [4.78, 5) is 0. The quantitative estimate of drug-likeness (QED) is 0.582. The average molecular weight is 310 g/mol. The van der Waals surface area contributed by atoms with Gasteiger partial charge < -0.3 is 4.42 Å².